The van der Waals surface area contributed by atoms with Crippen LogP contribution in [0.1, 0.15) is 18.7 Å². The third-order valence-corrected chi connectivity index (χ3v) is 4.82. The van der Waals surface area contributed by atoms with Crippen LogP contribution in [-0.4, -0.2) is 54.2 Å². The van der Waals surface area contributed by atoms with Gasteiger partial charge in [0.1, 0.15) is 23.3 Å². The number of anilines is 3. The fraction of sp³-hybridized carbons (Fsp3) is 0.500. The van der Waals surface area contributed by atoms with E-state index in [9.17, 15) is 0 Å². The van der Waals surface area contributed by atoms with Gasteiger partial charge in [0.05, 0.1) is 0 Å². The molecule has 0 spiro atoms. The second-order valence-electron chi connectivity index (χ2n) is 6.49. The summed E-state index contributed by atoms with van der Waals surface area (Å²) in [5, 5.41) is 0. The first-order valence-electron chi connectivity index (χ1n) is 8.81. The van der Waals surface area contributed by atoms with Crippen LogP contribution >= 0.6 is 0 Å². The third kappa shape index (κ3) is 3.13. The molecule has 24 heavy (non-hydrogen) atoms. The molecule has 0 N–H and O–H groups in total. The summed E-state index contributed by atoms with van der Waals surface area (Å²) in [6.45, 7) is 8.09. The van der Waals surface area contributed by atoms with Crippen LogP contribution in [0.15, 0.2) is 30.5 Å². The fourth-order valence-corrected chi connectivity index (χ4v) is 3.51. The highest BCUT2D eigenvalue weighted by Crippen LogP contribution is 2.24. The lowest BCUT2D eigenvalue weighted by molar-refractivity contribution is 0.640. The molecule has 0 atom stereocenters. The van der Waals surface area contributed by atoms with Crippen LogP contribution < -0.4 is 14.7 Å². The summed E-state index contributed by atoms with van der Waals surface area (Å²) in [5.41, 5.74) is 0. The molecule has 0 saturated carbocycles. The molecule has 0 aliphatic carbocycles. The van der Waals surface area contributed by atoms with E-state index in [2.05, 4.69) is 41.8 Å². The van der Waals surface area contributed by atoms with Crippen LogP contribution in [0, 0.1) is 6.92 Å². The van der Waals surface area contributed by atoms with Gasteiger partial charge in [-0.3, -0.25) is 0 Å². The van der Waals surface area contributed by atoms with Crippen molar-refractivity contribution in [2.75, 3.05) is 54.0 Å². The number of piperazine rings is 1. The molecule has 0 unspecified atom stereocenters. The lowest BCUT2D eigenvalue weighted by Gasteiger charge is -2.36. The zero-order valence-corrected chi connectivity index (χ0v) is 14.2. The summed E-state index contributed by atoms with van der Waals surface area (Å²) in [5.74, 6) is 4.07. The van der Waals surface area contributed by atoms with Crippen molar-refractivity contribution in [1.29, 1.82) is 0 Å². The van der Waals surface area contributed by atoms with E-state index in [1.165, 1.54) is 12.8 Å². The molecule has 4 rings (SSSR count). The van der Waals surface area contributed by atoms with Gasteiger partial charge in [0.25, 0.3) is 0 Å². The number of nitrogens with zero attached hydrogens (tertiary/aromatic N) is 6. The van der Waals surface area contributed by atoms with Crippen LogP contribution in [0.4, 0.5) is 17.5 Å². The first kappa shape index (κ1) is 15.2. The molecule has 6 heteroatoms. The largest absolute Gasteiger partial charge is 0.356 e. The van der Waals surface area contributed by atoms with Gasteiger partial charge in [-0.05, 0) is 31.9 Å². The lowest BCUT2D eigenvalue weighted by Crippen LogP contribution is -2.47. The molecule has 0 aromatic carbocycles. The van der Waals surface area contributed by atoms with Crippen molar-refractivity contribution in [1.82, 2.24) is 15.0 Å². The smallest absolute Gasteiger partial charge is 0.134 e. The Labute approximate surface area is 143 Å². The van der Waals surface area contributed by atoms with Crippen molar-refractivity contribution < 1.29 is 0 Å². The van der Waals surface area contributed by atoms with E-state index in [-0.39, 0.29) is 0 Å². The highest BCUT2D eigenvalue weighted by Gasteiger charge is 2.21. The molecular weight excluding hydrogens is 300 g/mol. The van der Waals surface area contributed by atoms with Gasteiger partial charge in [-0.25, -0.2) is 15.0 Å². The molecule has 2 aromatic heterocycles. The molecule has 2 aromatic rings. The van der Waals surface area contributed by atoms with Crippen molar-refractivity contribution in [2.24, 2.45) is 0 Å². The van der Waals surface area contributed by atoms with E-state index in [4.69, 9.17) is 0 Å². The van der Waals surface area contributed by atoms with E-state index in [0.29, 0.717) is 0 Å². The van der Waals surface area contributed by atoms with Crippen LogP contribution in [-0.2, 0) is 0 Å². The molecule has 2 aliphatic rings. The maximum Gasteiger partial charge on any atom is 0.134 e. The number of rotatable bonds is 3. The summed E-state index contributed by atoms with van der Waals surface area (Å²) in [7, 11) is 0. The van der Waals surface area contributed by atoms with Crippen molar-refractivity contribution in [2.45, 2.75) is 19.8 Å². The van der Waals surface area contributed by atoms with Crippen molar-refractivity contribution in [3.05, 3.63) is 36.3 Å². The van der Waals surface area contributed by atoms with Crippen LogP contribution in [0.5, 0.6) is 0 Å². The van der Waals surface area contributed by atoms with Crippen LogP contribution in [0.25, 0.3) is 0 Å². The molecule has 0 radical (unpaired) electrons. The summed E-state index contributed by atoms with van der Waals surface area (Å²) in [6.07, 6.45) is 4.39. The van der Waals surface area contributed by atoms with Gasteiger partial charge < -0.3 is 14.7 Å². The van der Waals surface area contributed by atoms with Crippen LogP contribution in [0.3, 0.4) is 0 Å². The topological polar surface area (TPSA) is 48.4 Å². The summed E-state index contributed by atoms with van der Waals surface area (Å²) < 4.78 is 0. The number of hydrogen-bond acceptors (Lipinski definition) is 6. The maximum atomic E-state index is 4.68. The standard InChI is InChI=1S/C18H24N6/c1-15-20-17(22-8-4-5-9-22)14-18(21-15)24-12-10-23(11-13-24)16-6-2-3-7-19-16/h2-3,6-7,14H,4-5,8-13H2,1H3. The molecule has 0 amide bonds. The molecule has 2 saturated heterocycles. The second-order valence-corrected chi connectivity index (χ2v) is 6.49. The number of hydrogen-bond donors (Lipinski definition) is 0. The van der Waals surface area contributed by atoms with Crippen molar-refractivity contribution in [3.63, 3.8) is 0 Å². The monoisotopic (exact) mass is 324 g/mol. The predicted molar refractivity (Wildman–Crippen MR) is 96.9 cm³/mol. The Hall–Kier alpha value is -2.37. The molecule has 0 bridgehead atoms. The van der Waals surface area contributed by atoms with Crippen molar-refractivity contribution in [3.8, 4) is 0 Å². The van der Waals surface area contributed by atoms with Gasteiger partial charge >= 0.3 is 0 Å². The van der Waals surface area contributed by atoms with E-state index < -0.39 is 0 Å². The highest BCUT2D eigenvalue weighted by molar-refractivity contribution is 5.53. The molecule has 4 heterocycles. The quantitative estimate of drug-likeness (QED) is 0.862. The first-order valence-corrected chi connectivity index (χ1v) is 8.81. The molecule has 126 valence electrons. The SMILES string of the molecule is Cc1nc(N2CCCC2)cc(N2CCN(c3ccccn3)CC2)n1. The van der Waals surface area contributed by atoms with E-state index in [0.717, 1.165) is 62.5 Å². The predicted octanol–water partition coefficient (Wildman–Crippen LogP) is 2.11. The second kappa shape index (κ2) is 6.63. The van der Waals surface area contributed by atoms with Gasteiger partial charge in [-0.15, -0.1) is 0 Å². The van der Waals surface area contributed by atoms with Crippen molar-refractivity contribution >= 4 is 17.5 Å². The Bertz CT molecular complexity index is 675. The summed E-state index contributed by atoms with van der Waals surface area (Å²) in [6, 6.07) is 8.25. The molecule has 2 fully saturated rings. The fourth-order valence-electron chi connectivity index (χ4n) is 3.51. The molecular formula is C18H24N6. The van der Waals surface area contributed by atoms with Crippen LogP contribution in [0.2, 0.25) is 0 Å². The number of aryl methyl sites for hydroxylation is 1. The maximum absolute atomic E-state index is 4.68. The summed E-state index contributed by atoms with van der Waals surface area (Å²) >= 11 is 0. The normalized spacial score (nSPS) is 18.3. The molecule has 2 aliphatic heterocycles. The number of pyridine rings is 1. The molecule has 6 nitrogen and oxygen atoms in total. The minimum atomic E-state index is 0.863. The Morgan fingerprint density at radius 3 is 1.92 bits per heavy atom. The van der Waals surface area contributed by atoms with Gasteiger partial charge in [0, 0.05) is 51.5 Å². The van der Waals surface area contributed by atoms with Gasteiger partial charge in [0.15, 0.2) is 0 Å². The average Bonchev–Trinajstić information content (AvgIpc) is 3.17. The Balaban J connectivity index is 1.47. The minimum Gasteiger partial charge on any atom is -0.356 e. The number of aromatic nitrogens is 3. The van der Waals surface area contributed by atoms with Gasteiger partial charge in [0.2, 0.25) is 0 Å². The third-order valence-electron chi connectivity index (χ3n) is 4.82. The highest BCUT2D eigenvalue weighted by atomic mass is 15.3. The van der Waals surface area contributed by atoms with E-state index in [1.54, 1.807) is 0 Å². The first-order chi connectivity index (χ1) is 11.8. The van der Waals surface area contributed by atoms with E-state index >= 15 is 0 Å². The minimum absolute atomic E-state index is 0.863. The van der Waals surface area contributed by atoms with E-state index in [1.807, 2.05) is 25.3 Å². The average molecular weight is 324 g/mol. The Morgan fingerprint density at radius 1 is 0.750 bits per heavy atom. The zero-order valence-electron chi connectivity index (χ0n) is 14.2. The van der Waals surface area contributed by atoms with Gasteiger partial charge in [-0.2, -0.15) is 0 Å². The van der Waals surface area contributed by atoms with Gasteiger partial charge in [-0.1, -0.05) is 6.07 Å². The zero-order chi connectivity index (χ0) is 16.4. The Morgan fingerprint density at radius 2 is 1.33 bits per heavy atom. The summed E-state index contributed by atoms with van der Waals surface area (Å²) in [4.78, 5) is 20.9. The lowest BCUT2D eigenvalue weighted by atomic mass is 10.3. The Kier molecular flexibility index (Phi) is 4.19.